The molecule has 0 aliphatic rings. The van der Waals surface area contributed by atoms with Gasteiger partial charge in [-0.05, 0) is 33.2 Å². The summed E-state index contributed by atoms with van der Waals surface area (Å²) in [6, 6.07) is -0.181. The van der Waals surface area contributed by atoms with Crippen LogP contribution < -0.4 is 11.1 Å². The van der Waals surface area contributed by atoms with Crippen molar-refractivity contribution in [3.05, 3.63) is 17.8 Å². The summed E-state index contributed by atoms with van der Waals surface area (Å²) in [6.07, 6.45) is 3.84. The molecule has 0 aliphatic carbocycles. The highest BCUT2D eigenvalue weighted by molar-refractivity contribution is 5.76. The second-order valence-corrected chi connectivity index (χ2v) is 3.84. The third-order valence-electron chi connectivity index (χ3n) is 2.25. The van der Waals surface area contributed by atoms with Gasteiger partial charge in [-0.2, -0.15) is 0 Å². The van der Waals surface area contributed by atoms with Gasteiger partial charge in [0.2, 0.25) is 11.8 Å². The van der Waals surface area contributed by atoms with Crippen LogP contribution in [0.25, 0.3) is 0 Å². The Balaban J connectivity index is 2.33. The molecule has 16 heavy (non-hydrogen) atoms. The number of carbonyl (C=O) groups is 1. The lowest BCUT2D eigenvalue weighted by Gasteiger charge is -2.09. The molecule has 0 aromatic carbocycles. The molecule has 1 amide bonds. The monoisotopic (exact) mass is 225 g/mol. The summed E-state index contributed by atoms with van der Waals surface area (Å²) in [5.74, 6) is 1.31. The zero-order valence-corrected chi connectivity index (χ0v) is 9.82. The summed E-state index contributed by atoms with van der Waals surface area (Å²) >= 11 is 0. The maximum atomic E-state index is 11.5. The van der Waals surface area contributed by atoms with Gasteiger partial charge in [0.05, 0.1) is 6.20 Å². The van der Waals surface area contributed by atoms with Crippen molar-refractivity contribution in [1.82, 2.24) is 10.3 Å². The molecule has 0 radical (unpaired) electrons. The van der Waals surface area contributed by atoms with Crippen LogP contribution in [0.5, 0.6) is 0 Å². The van der Waals surface area contributed by atoms with E-state index in [1.165, 1.54) is 0 Å². The van der Waals surface area contributed by atoms with Crippen LogP contribution in [0.4, 0.5) is 0 Å². The molecule has 1 atom stereocenters. The fourth-order valence-corrected chi connectivity index (χ4v) is 1.38. The van der Waals surface area contributed by atoms with Gasteiger partial charge in [-0.3, -0.25) is 4.79 Å². The Hall–Kier alpha value is -1.36. The maximum Gasteiger partial charge on any atom is 0.220 e. The first kappa shape index (κ1) is 12.7. The van der Waals surface area contributed by atoms with Crippen LogP contribution >= 0.6 is 0 Å². The zero-order chi connectivity index (χ0) is 12.0. The van der Waals surface area contributed by atoms with Crippen LogP contribution in [0.1, 0.15) is 43.9 Å². The Bertz CT molecular complexity index is 336. The molecule has 3 N–H and O–H groups in total. The molecule has 5 heteroatoms. The SMILES string of the molecule is Cc1cnc(C(C)NC(=O)CCCCN)o1. The summed E-state index contributed by atoms with van der Waals surface area (Å²) in [5.41, 5.74) is 5.35. The molecule has 0 saturated carbocycles. The molecule has 5 nitrogen and oxygen atoms in total. The number of unbranched alkanes of at least 4 members (excludes halogenated alkanes) is 1. The summed E-state index contributed by atoms with van der Waals surface area (Å²) in [5, 5.41) is 2.83. The van der Waals surface area contributed by atoms with Crippen LogP contribution in [-0.4, -0.2) is 17.4 Å². The van der Waals surface area contributed by atoms with E-state index in [2.05, 4.69) is 10.3 Å². The van der Waals surface area contributed by atoms with E-state index in [0.717, 1.165) is 18.6 Å². The molecule has 0 fully saturated rings. The van der Waals surface area contributed by atoms with Crippen molar-refractivity contribution in [2.24, 2.45) is 5.73 Å². The second kappa shape index (κ2) is 6.27. The Morgan fingerprint density at radius 3 is 2.94 bits per heavy atom. The fraction of sp³-hybridized carbons (Fsp3) is 0.636. The van der Waals surface area contributed by atoms with E-state index in [0.29, 0.717) is 18.9 Å². The van der Waals surface area contributed by atoms with E-state index in [4.69, 9.17) is 10.2 Å². The van der Waals surface area contributed by atoms with Gasteiger partial charge in [0.1, 0.15) is 11.8 Å². The number of nitrogens with two attached hydrogens (primary N) is 1. The van der Waals surface area contributed by atoms with E-state index < -0.39 is 0 Å². The number of hydrogen-bond acceptors (Lipinski definition) is 4. The fourth-order valence-electron chi connectivity index (χ4n) is 1.38. The molecule has 1 rings (SSSR count). The Morgan fingerprint density at radius 1 is 1.62 bits per heavy atom. The molecule has 0 bridgehead atoms. The lowest BCUT2D eigenvalue weighted by molar-refractivity contribution is -0.122. The minimum Gasteiger partial charge on any atom is -0.444 e. The van der Waals surface area contributed by atoms with E-state index in [1.807, 2.05) is 13.8 Å². The third-order valence-corrected chi connectivity index (χ3v) is 2.25. The quantitative estimate of drug-likeness (QED) is 0.715. The summed E-state index contributed by atoms with van der Waals surface area (Å²) < 4.78 is 5.33. The Labute approximate surface area is 95.4 Å². The molecule has 0 spiro atoms. The largest absolute Gasteiger partial charge is 0.444 e. The zero-order valence-electron chi connectivity index (χ0n) is 9.82. The van der Waals surface area contributed by atoms with Gasteiger partial charge in [-0.1, -0.05) is 0 Å². The number of nitrogens with zero attached hydrogens (tertiary/aromatic N) is 1. The van der Waals surface area contributed by atoms with E-state index >= 15 is 0 Å². The van der Waals surface area contributed by atoms with Crippen molar-refractivity contribution in [2.75, 3.05) is 6.54 Å². The van der Waals surface area contributed by atoms with Crippen molar-refractivity contribution < 1.29 is 9.21 Å². The molecule has 0 aliphatic heterocycles. The molecule has 1 heterocycles. The van der Waals surface area contributed by atoms with E-state index in [9.17, 15) is 4.79 Å². The standard InChI is InChI=1S/C11H19N3O2/c1-8-7-13-11(16-8)9(2)14-10(15)5-3-4-6-12/h7,9H,3-6,12H2,1-2H3,(H,14,15). The average molecular weight is 225 g/mol. The van der Waals surface area contributed by atoms with Crippen LogP contribution in [0, 0.1) is 6.92 Å². The lowest BCUT2D eigenvalue weighted by atomic mass is 10.2. The highest BCUT2D eigenvalue weighted by atomic mass is 16.4. The lowest BCUT2D eigenvalue weighted by Crippen LogP contribution is -2.26. The van der Waals surface area contributed by atoms with E-state index in [-0.39, 0.29) is 11.9 Å². The van der Waals surface area contributed by atoms with Crippen molar-refractivity contribution in [3.8, 4) is 0 Å². The minimum absolute atomic E-state index is 0.0109. The topological polar surface area (TPSA) is 81.2 Å². The van der Waals surface area contributed by atoms with Gasteiger partial charge >= 0.3 is 0 Å². The first-order valence-electron chi connectivity index (χ1n) is 5.55. The number of hydrogen-bond donors (Lipinski definition) is 2. The summed E-state index contributed by atoms with van der Waals surface area (Å²) in [6.45, 7) is 4.31. The molecule has 1 unspecified atom stereocenters. The van der Waals surface area contributed by atoms with Gasteiger partial charge in [-0.15, -0.1) is 0 Å². The predicted octanol–water partition coefficient (Wildman–Crippen LogP) is 1.29. The number of nitrogens with one attached hydrogen (secondary N) is 1. The molecular formula is C11H19N3O2. The summed E-state index contributed by atoms with van der Waals surface area (Å²) in [7, 11) is 0. The van der Waals surface area contributed by atoms with Gasteiger partial charge < -0.3 is 15.5 Å². The van der Waals surface area contributed by atoms with Gasteiger partial charge in [0.15, 0.2) is 0 Å². The van der Waals surface area contributed by atoms with Crippen LogP contribution in [0.2, 0.25) is 0 Å². The van der Waals surface area contributed by atoms with Gasteiger partial charge in [0.25, 0.3) is 0 Å². The third kappa shape index (κ3) is 4.02. The van der Waals surface area contributed by atoms with Crippen molar-refractivity contribution >= 4 is 5.91 Å². The van der Waals surface area contributed by atoms with Crippen molar-refractivity contribution in [2.45, 2.75) is 39.2 Å². The minimum atomic E-state index is -0.181. The number of aromatic nitrogens is 1. The highest BCUT2D eigenvalue weighted by Crippen LogP contribution is 2.12. The smallest absolute Gasteiger partial charge is 0.220 e. The Morgan fingerprint density at radius 2 is 2.38 bits per heavy atom. The van der Waals surface area contributed by atoms with Crippen molar-refractivity contribution in [1.29, 1.82) is 0 Å². The van der Waals surface area contributed by atoms with Gasteiger partial charge in [0, 0.05) is 6.42 Å². The van der Waals surface area contributed by atoms with E-state index in [1.54, 1.807) is 6.20 Å². The Kier molecular flexibility index (Phi) is 4.98. The normalized spacial score (nSPS) is 12.4. The van der Waals surface area contributed by atoms with Crippen molar-refractivity contribution in [3.63, 3.8) is 0 Å². The predicted molar refractivity (Wildman–Crippen MR) is 60.7 cm³/mol. The number of amides is 1. The molecular weight excluding hydrogens is 206 g/mol. The summed E-state index contributed by atoms with van der Waals surface area (Å²) in [4.78, 5) is 15.6. The average Bonchev–Trinajstić information content (AvgIpc) is 2.65. The number of rotatable bonds is 6. The highest BCUT2D eigenvalue weighted by Gasteiger charge is 2.13. The van der Waals surface area contributed by atoms with Gasteiger partial charge in [-0.25, -0.2) is 4.98 Å². The second-order valence-electron chi connectivity index (χ2n) is 3.84. The van der Waals surface area contributed by atoms with Crippen LogP contribution in [0.15, 0.2) is 10.6 Å². The van der Waals surface area contributed by atoms with Crippen LogP contribution in [-0.2, 0) is 4.79 Å². The number of carbonyl (C=O) groups excluding carboxylic acids is 1. The van der Waals surface area contributed by atoms with Crippen LogP contribution in [0.3, 0.4) is 0 Å². The maximum absolute atomic E-state index is 11.5. The number of aryl methyl sites for hydroxylation is 1. The molecule has 0 saturated heterocycles. The molecule has 90 valence electrons. The molecule has 1 aromatic rings. The number of oxazole rings is 1. The first-order chi connectivity index (χ1) is 7.63. The first-order valence-corrected chi connectivity index (χ1v) is 5.55. The molecule has 1 aromatic heterocycles.